The first-order valence-electron chi connectivity index (χ1n) is 5.14. The molecule has 1 aromatic rings. The molecular formula is C11H14BrNO2. The van der Waals surface area contributed by atoms with Crippen LogP contribution in [0.5, 0.6) is 11.6 Å². The second-order valence-electron chi connectivity index (χ2n) is 3.91. The molecule has 0 unspecified atom stereocenters. The zero-order valence-corrected chi connectivity index (χ0v) is 10.5. The van der Waals surface area contributed by atoms with Crippen LogP contribution < -0.4 is 9.47 Å². The quantitative estimate of drug-likeness (QED) is 0.843. The first-order valence-corrected chi connectivity index (χ1v) is 5.94. The lowest BCUT2D eigenvalue weighted by Crippen LogP contribution is -2.08. The van der Waals surface area contributed by atoms with Crippen LogP contribution in [0.25, 0.3) is 0 Å². The van der Waals surface area contributed by atoms with Crippen molar-refractivity contribution in [3.8, 4) is 11.6 Å². The highest BCUT2D eigenvalue weighted by atomic mass is 79.9. The number of rotatable bonds is 4. The summed E-state index contributed by atoms with van der Waals surface area (Å²) in [5.74, 6) is 1.42. The fraction of sp³-hybridized carbons (Fsp3) is 0.545. The number of halogens is 1. The monoisotopic (exact) mass is 271 g/mol. The van der Waals surface area contributed by atoms with E-state index >= 15 is 0 Å². The van der Waals surface area contributed by atoms with E-state index in [0.717, 1.165) is 23.1 Å². The molecule has 1 aliphatic rings. The minimum absolute atomic E-state index is 0.116. The van der Waals surface area contributed by atoms with Gasteiger partial charge >= 0.3 is 0 Å². The van der Waals surface area contributed by atoms with Gasteiger partial charge in [0.2, 0.25) is 5.88 Å². The Balaban J connectivity index is 2.15. The third-order valence-electron chi connectivity index (χ3n) is 1.99. The highest BCUT2D eigenvalue weighted by Crippen LogP contribution is 2.36. The van der Waals surface area contributed by atoms with Gasteiger partial charge in [-0.15, -0.1) is 0 Å². The fourth-order valence-electron chi connectivity index (χ4n) is 1.17. The zero-order valence-electron chi connectivity index (χ0n) is 8.87. The predicted octanol–water partition coefficient (Wildman–Crippen LogP) is 3.17. The van der Waals surface area contributed by atoms with E-state index in [4.69, 9.17) is 9.47 Å². The zero-order chi connectivity index (χ0) is 10.8. The van der Waals surface area contributed by atoms with Gasteiger partial charge in [0.15, 0.2) is 0 Å². The van der Waals surface area contributed by atoms with Gasteiger partial charge in [0, 0.05) is 6.20 Å². The predicted molar refractivity (Wildman–Crippen MR) is 61.4 cm³/mol. The Morgan fingerprint density at radius 2 is 2.20 bits per heavy atom. The Kier molecular flexibility index (Phi) is 3.14. The summed E-state index contributed by atoms with van der Waals surface area (Å²) in [5.41, 5.74) is 0. The molecule has 0 aliphatic heterocycles. The summed E-state index contributed by atoms with van der Waals surface area (Å²) >= 11 is 3.45. The molecule has 0 spiro atoms. The van der Waals surface area contributed by atoms with Gasteiger partial charge in [-0.2, -0.15) is 0 Å². The summed E-state index contributed by atoms with van der Waals surface area (Å²) < 4.78 is 12.1. The van der Waals surface area contributed by atoms with Gasteiger partial charge in [0.1, 0.15) is 10.2 Å². The topological polar surface area (TPSA) is 31.4 Å². The normalized spacial score (nSPS) is 15.5. The Morgan fingerprint density at radius 3 is 2.80 bits per heavy atom. The van der Waals surface area contributed by atoms with Crippen LogP contribution in [0.1, 0.15) is 26.7 Å². The van der Waals surface area contributed by atoms with E-state index in [0.29, 0.717) is 12.0 Å². The molecule has 0 radical (unpaired) electrons. The van der Waals surface area contributed by atoms with Crippen molar-refractivity contribution in [2.24, 2.45) is 0 Å². The lowest BCUT2D eigenvalue weighted by atomic mass is 10.4. The number of ether oxygens (including phenoxy) is 2. The van der Waals surface area contributed by atoms with Crippen molar-refractivity contribution >= 4 is 15.9 Å². The van der Waals surface area contributed by atoms with Crippen molar-refractivity contribution in [1.29, 1.82) is 0 Å². The molecule has 0 aromatic carbocycles. The summed E-state index contributed by atoms with van der Waals surface area (Å²) in [6, 6.07) is 1.86. The van der Waals surface area contributed by atoms with E-state index in [1.165, 1.54) is 0 Å². The van der Waals surface area contributed by atoms with Crippen molar-refractivity contribution in [3.63, 3.8) is 0 Å². The lowest BCUT2D eigenvalue weighted by molar-refractivity contribution is 0.227. The van der Waals surface area contributed by atoms with Crippen LogP contribution in [-0.4, -0.2) is 17.2 Å². The van der Waals surface area contributed by atoms with E-state index in [-0.39, 0.29) is 6.10 Å². The average Bonchev–Trinajstić information content (AvgIpc) is 2.95. The maximum Gasteiger partial charge on any atom is 0.232 e. The summed E-state index contributed by atoms with van der Waals surface area (Å²) in [6.07, 6.45) is 4.50. The van der Waals surface area contributed by atoms with Crippen molar-refractivity contribution in [1.82, 2.24) is 4.98 Å². The molecular weight excluding hydrogens is 258 g/mol. The molecule has 1 aromatic heterocycles. The Hall–Kier alpha value is -0.770. The highest BCUT2D eigenvalue weighted by Gasteiger charge is 2.25. The molecule has 0 saturated heterocycles. The van der Waals surface area contributed by atoms with Crippen LogP contribution in [0.3, 0.4) is 0 Å². The molecule has 0 atom stereocenters. The lowest BCUT2D eigenvalue weighted by Gasteiger charge is -2.13. The SMILES string of the molecule is CC(C)Oc1nccc(OC2CC2)c1Br. The summed E-state index contributed by atoms with van der Waals surface area (Å²) in [7, 11) is 0. The third-order valence-corrected chi connectivity index (χ3v) is 2.72. The first kappa shape index (κ1) is 10.7. The fourth-order valence-corrected chi connectivity index (χ4v) is 1.59. The van der Waals surface area contributed by atoms with Gasteiger partial charge in [-0.25, -0.2) is 4.98 Å². The van der Waals surface area contributed by atoms with Crippen LogP contribution in [-0.2, 0) is 0 Å². The van der Waals surface area contributed by atoms with Crippen molar-refractivity contribution in [3.05, 3.63) is 16.7 Å². The molecule has 0 amide bonds. The maximum absolute atomic E-state index is 5.71. The Bertz CT molecular complexity index is 328. The van der Waals surface area contributed by atoms with Gasteiger partial charge in [-0.05, 0) is 48.7 Å². The van der Waals surface area contributed by atoms with Crippen LogP contribution in [0.4, 0.5) is 0 Å². The van der Waals surface area contributed by atoms with E-state index in [1.807, 2.05) is 19.9 Å². The second kappa shape index (κ2) is 4.39. The van der Waals surface area contributed by atoms with Gasteiger partial charge in [-0.3, -0.25) is 0 Å². The molecule has 0 bridgehead atoms. The smallest absolute Gasteiger partial charge is 0.232 e. The highest BCUT2D eigenvalue weighted by molar-refractivity contribution is 9.10. The molecule has 4 heteroatoms. The number of aromatic nitrogens is 1. The van der Waals surface area contributed by atoms with Gasteiger partial charge < -0.3 is 9.47 Å². The number of hydrogen-bond donors (Lipinski definition) is 0. The van der Waals surface area contributed by atoms with Crippen LogP contribution in [0, 0.1) is 0 Å². The van der Waals surface area contributed by atoms with Crippen molar-refractivity contribution in [2.45, 2.75) is 38.9 Å². The first-order chi connectivity index (χ1) is 7.16. The molecule has 15 heavy (non-hydrogen) atoms. The van der Waals surface area contributed by atoms with Gasteiger partial charge in [0.25, 0.3) is 0 Å². The van der Waals surface area contributed by atoms with Crippen molar-refractivity contribution in [2.75, 3.05) is 0 Å². The minimum atomic E-state index is 0.116. The molecule has 82 valence electrons. The number of nitrogens with zero attached hydrogens (tertiary/aromatic N) is 1. The second-order valence-corrected chi connectivity index (χ2v) is 4.71. The molecule has 1 fully saturated rings. The summed E-state index contributed by atoms with van der Waals surface area (Å²) in [4.78, 5) is 4.16. The standard InChI is InChI=1S/C11H14BrNO2/c1-7(2)14-11-10(12)9(5-6-13-11)15-8-3-4-8/h5-8H,3-4H2,1-2H3. The third kappa shape index (κ3) is 2.84. The molecule has 3 nitrogen and oxygen atoms in total. The molecule has 1 saturated carbocycles. The van der Waals surface area contributed by atoms with E-state index in [9.17, 15) is 0 Å². The van der Waals surface area contributed by atoms with Crippen LogP contribution in [0.15, 0.2) is 16.7 Å². The largest absolute Gasteiger partial charge is 0.489 e. The molecule has 1 aliphatic carbocycles. The Morgan fingerprint density at radius 1 is 1.47 bits per heavy atom. The minimum Gasteiger partial charge on any atom is -0.489 e. The van der Waals surface area contributed by atoms with E-state index in [1.54, 1.807) is 6.20 Å². The van der Waals surface area contributed by atoms with Crippen molar-refractivity contribution < 1.29 is 9.47 Å². The number of pyridine rings is 1. The van der Waals surface area contributed by atoms with Crippen LogP contribution >= 0.6 is 15.9 Å². The average molecular weight is 272 g/mol. The van der Waals surface area contributed by atoms with Crippen LogP contribution in [0.2, 0.25) is 0 Å². The van der Waals surface area contributed by atoms with E-state index in [2.05, 4.69) is 20.9 Å². The Labute approximate surface area is 97.9 Å². The molecule has 1 heterocycles. The number of hydrogen-bond acceptors (Lipinski definition) is 3. The molecule has 0 N–H and O–H groups in total. The van der Waals surface area contributed by atoms with Gasteiger partial charge in [-0.1, -0.05) is 0 Å². The van der Waals surface area contributed by atoms with E-state index < -0.39 is 0 Å². The molecule has 2 rings (SSSR count). The summed E-state index contributed by atoms with van der Waals surface area (Å²) in [6.45, 7) is 3.95. The summed E-state index contributed by atoms with van der Waals surface area (Å²) in [5, 5.41) is 0. The maximum atomic E-state index is 5.71. The van der Waals surface area contributed by atoms with Gasteiger partial charge in [0.05, 0.1) is 12.2 Å².